The summed E-state index contributed by atoms with van der Waals surface area (Å²) >= 11 is 5.70. The van der Waals surface area contributed by atoms with Crippen LogP contribution in [0.15, 0.2) is 18.2 Å². The number of carbonyl (C=O) groups is 2. The molecule has 15 heavy (non-hydrogen) atoms. The van der Waals surface area contributed by atoms with E-state index in [1.807, 2.05) is 0 Å². The smallest absolute Gasteiger partial charge is 0.307 e. The van der Waals surface area contributed by atoms with Crippen molar-refractivity contribution in [3.05, 3.63) is 34.3 Å². The summed E-state index contributed by atoms with van der Waals surface area (Å²) in [5, 5.41) is 17.6. The second-order valence-electron chi connectivity index (χ2n) is 3.05. The molecule has 0 aliphatic rings. The second-order valence-corrected chi connectivity index (χ2v) is 3.49. The largest absolute Gasteiger partial charge is 0.481 e. The molecule has 5 heteroatoms. The van der Waals surface area contributed by atoms with Crippen molar-refractivity contribution in [3.63, 3.8) is 0 Å². The van der Waals surface area contributed by atoms with Gasteiger partial charge in [0.25, 0.3) is 0 Å². The highest BCUT2D eigenvalue weighted by Gasteiger charge is 2.10. The van der Waals surface area contributed by atoms with Crippen LogP contribution in [0.5, 0.6) is 0 Å². The molecular weight excluding hydrogens is 220 g/mol. The Bertz CT molecular complexity index is 400. The third kappa shape index (κ3) is 3.59. The van der Waals surface area contributed by atoms with E-state index in [2.05, 4.69) is 0 Å². The number of benzene rings is 1. The average molecular weight is 229 g/mol. The quantitative estimate of drug-likeness (QED) is 0.821. The van der Waals surface area contributed by atoms with E-state index < -0.39 is 11.9 Å². The maximum atomic E-state index is 10.5. The van der Waals surface area contributed by atoms with Gasteiger partial charge < -0.3 is 10.2 Å². The van der Waals surface area contributed by atoms with Gasteiger partial charge in [0.05, 0.1) is 12.8 Å². The van der Waals surface area contributed by atoms with Crippen LogP contribution in [0.4, 0.5) is 0 Å². The highest BCUT2D eigenvalue weighted by Crippen LogP contribution is 2.17. The number of hydrogen-bond acceptors (Lipinski definition) is 2. The van der Waals surface area contributed by atoms with Gasteiger partial charge in [0.1, 0.15) is 0 Å². The lowest BCUT2D eigenvalue weighted by Crippen LogP contribution is -2.07. The molecule has 0 amide bonds. The molecule has 0 atom stereocenters. The first-order valence-electron chi connectivity index (χ1n) is 4.20. The van der Waals surface area contributed by atoms with Crippen LogP contribution in [0.2, 0.25) is 5.02 Å². The predicted molar refractivity (Wildman–Crippen MR) is 54.1 cm³/mol. The summed E-state index contributed by atoms with van der Waals surface area (Å²) in [7, 11) is 0. The minimum atomic E-state index is -1.01. The van der Waals surface area contributed by atoms with E-state index >= 15 is 0 Å². The van der Waals surface area contributed by atoms with Crippen LogP contribution in [0.1, 0.15) is 11.1 Å². The Kier molecular flexibility index (Phi) is 3.68. The van der Waals surface area contributed by atoms with Crippen LogP contribution in [-0.4, -0.2) is 22.2 Å². The second kappa shape index (κ2) is 4.79. The van der Waals surface area contributed by atoms with Crippen molar-refractivity contribution in [2.75, 3.05) is 0 Å². The Morgan fingerprint density at radius 3 is 2.13 bits per heavy atom. The van der Waals surface area contributed by atoms with Crippen molar-refractivity contribution in [3.8, 4) is 0 Å². The highest BCUT2D eigenvalue weighted by atomic mass is 35.5. The van der Waals surface area contributed by atoms with Gasteiger partial charge in [0.2, 0.25) is 0 Å². The molecule has 0 aliphatic carbocycles. The zero-order valence-electron chi connectivity index (χ0n) is 7.74. The van der Waals surface area contributed by atoms with E-state index in [0.29, 0.717) is 16.1 Å². The molecule has 0 bridgehead atoms. The predicted octanol–water partition coefficient (Wildman–Crippen LogP) is 1.59. The van der Waals surface area contributed by atoms with Crippen molar-refractivity contribution < 1.29 is 19.8 Å². The van der Waals surface area contributed by atoms with E-state index in [4.69, 9.17) is 21.8 Å². The number of hydrogen-bond donors (Lipinski definition) is 2. The average Bonchev–Trinajstić information content (AvgIpc) is 2.08. The van der Waals surface area contributed by atoms with Gasteiger partial charge in [-0.2, -0.15) is 0 Å². The molecule has 1 rings (SSSR count). The number of aliphatic carboxylic acids is 2. The van der Waals surface area contributed by atoms with E-state index in [0.717, 1.165) is 0 Å². The molecule has 0 saturated carbocycles. The zero-order valence-corrected chi connectivity index (χ0v) is 8.49. The maximum Gasteiger partial charge on any atom is 0.307 e. The normalized spacial score (nSPS) is 9.93. The highest BCUT2D eigenvalue weighted by molar-refractivity contribution is 6.30. The third-order valence-electron chi connectivity index (χ3n) is 1.85. The van der Waals surface area contributed by atoms with Gasteiger partial charge in [0.15, 0.2) is 0 Å². The fraction of sp³-hybridized carbons (Fsp3) is 0.200. The molecule has 2 N–H and O–H groups in total. The van der Waals surface area contributed by atoms with Gasteiger partial charge in [-0.25, -0.2) is 0 Å². The van der Waals surface area contributed by atoms with Crippen molar-refractivity contribution in [1.82, 2.24) is 0 Å². The zero-order chi connectivity index (χ0) is 11.4. The van der Waals surface area contributed by atoms with Crippen LogP contribution in [0, 0.1) is 0 Å². The van der Waals surface area contributed by atoms with E-state index in [1.165, 1.54) is 12.1 Å². The summed E-state index contributed by atoms with van der Waals surface area (Å²) < 4.78 is 0. The van der Waals surface area contributed by atoms with Crippen LogP contribution >= 0.6 is 11.6 Å². The first-order chi connectivity index (χ1) is 6.99. The first kappa shape index (κ1) is 11.5. The standard InChI is InChI=1S/C10H9ClO4/c11-8-2-1-6(4-9(12)13)7(3-8)5-10(14)15/h1-3H,4-5H2,(H,12,13)(H,14,15). The number of carboxylic acid groups (broad SMARTS) is 2. The molecule has 0 saturated heterocycles. The number of halogens is 1. The Morgan fingerprint density at radius 1 is 1.07 bits per heavy atom. The molecular formula is C10H9ClO4. The molecule has 0 aromatic heterocycles. The van der Waals surface area contributed by atoms with Crippen molar-refractivity contribution >= 4 is 23.5 Å². The molecule has 0 spiro atoms. The molecule has 4 nitrogen and oxygen atoms in total. The monoisotopic (exact) mass is 228 g/mol. The van der Waals surface area contributed by atoms with Gasteiger partial charge >= 0.3 is 11.9 Å². The maximum absolute atomic E-state index is 10.5. The van der Waals surface area contributed by atoms with Crippen LogP contribution in [0.3, 0.4) is 0 Å². The molecule has 0 aliphatic heterocycles. The number of rotatable bonds is 4. The lowest BCUT2D eigenvalue weighted by atomic mass is 10.0. The van der Waals surface area contributed by atoms with Gasteiger partial charge in [-0.05, 0) is 23.3 Å². The van der Waals surface area contributed by atoms with Gasteiger partial charge in [-0.15, -0.1) is 0 Å². The fourth-order valence-electron chi connectivity index (χ4n) is 1.26. The summed E-state index contributed by atoms with van der Waals surface area (Å²) in [6, 6.07) is 4.56. The van der Waals surface area contributed by atoms with Crippen molar-refractivity contribution in [2.24, 2.45) is 0 Å². The molecule has 1 aromatic carbocycles. The summed E-state index contributed by atoms with van der Waals surface area (Å²) in [6.45, 7) is 0. The minimum absolute atomic E-state index is 0.195. The summed E-state index contributed by atoms with van der Waals surface area (Å²) in [5.74, 6) is -2.01. The SMILES string of the molecule is O=C(O)Cc1ccc(Cl)cc1CC(=O)O. The molecule has 1 aromatic rings. The Labute approximate surface area is 91.1 Å². The molecule has 0 heterocycles. The Morgan fingerprint density at radius 2 is 1.60 bits per heavy atom. The Hall–Kier alpha value is -1.55. The van der Waals surface area contributed by atoms with Gasteiger partial charge in [-0.3, -0.25) is 9.59 Å². The lowest BCUT2D eigenvalue weighted by molar-refractivity contribution is -0.137. The van der Waals surface area contributed by atoms with Crippen molar-refractivity contribution in [1.29, 1.82) is 0 Å². The number of carboxylic acids is 2. The first-order valence-corrected chi connectivity index (χ1v) is 4.57. The fourth-order valence-corrected chi connectivity index (χ4v) is 1.45. The van der Waals surface area contributed by atoms with Crippen molar-refractivity contribution in [2.45, 2.75) is 12.8 Å². The van der Waals surface area contributed by atoms with E-state index in [1.54, 1.807) is 6.07 Å². The lowest BCUT2D eigenvalue weighted by Gasteiger charge is -2.05. The molecule has 0 fully saturated rings. The van der Waals surface area contributed by atoms with Gasteiger partial charge in [0, 0.05) is 5.02 Å². The van der Waals surface area contributed by atoms with Crippen LogP contribution < -0.4 is 0 Å². The Balaban J connectivity index is 3.02. The molecule has 0 radical (unpaired) electrons. The van der Waals surface area contributed by atoms with Crippen LogP contribution in [0.25, 0.3) is 0 Å². The molecule has 80 valence electrons. The third-order valence-corrected chi connectivity index (χ3v) is 2.09. The molecule has 0 unspecified atom stereocenters. The summed E-state index contributed by atoms with van der Waals surface area (Å²) in [6.07, 6.45) is -0.414. The van der Waals surface area contributed by atoms with E-state index in [-0.39, 0.29) is 12.8 Å². The summed E-state index contributed by atoms with van der Waals surface area (Å²) in [4.78, 5) is 21.0. The minimum Gasteiger partial charge on any atom is -0.481 e. The van der Waals surface area contributed by atoms with Crippen LogP contribution in [-0.2, 0) is 22.4 Å². The van der Waals surface area contributed by atoms with E-state index in [9.17, 15) is 9.59 Å². The summed E-state index contributed by atoms with van der Waals surface area (Å²) in [5.41, 5.74) is 0.923. The van der Waals surface area contributed by atoms with Gasteiger partial charge in [-0.1, -0.05) is 17.7 Å². The topological polar surface area (TPSA) is 74.6 Å².